The number of rotatable bonds is 14. The lowest BCUT2D eigenvalue weighted by molar-refractivity contribution is -0.0390. The van der Waals surface area contributed by atoms with Crippen molar-refractivity contribution in [1.29, 1.82) is 0 Å². The van der Waals surface area contributed by atoms with Gasteiger partial charge in [-0.15, -0.1) is 0 Å². The van der Waals surface area contributed by atoms with E-state index in [-0.39, 0.29) is 6.10 Å². The van der Waals surface area contributed by atoms with E-state index in [0.29, 0.717) is 13.4 Å². The fraction of sp³-hybridized carbons (Fsp3) is 0.462. The van der Waals surface area contributed by atoms with Gasteiger partial charge in [-0.2, -0.15) is 0 Å². The summed E-state index contributed by atoms with van der Waals surface area (Å²) >= 11 is 0. The van der Waals surface area contributed by atoms with Crippen LogP contribution in [0.2, 0.25) is 18.1 Å². The third-order valence-corrected chi connectivity index (χ3v) is 10.5. The Balaban J connectivity index is 1.97. The van der Waals surface area contributed by atoms with E-state index in [1.165, 1.54) is 29.3 Å². The van der Waals surface area contributed by atoms with E-state index >= 15 is 0 Å². The molecule has 1 atom stereocenters. The Morgan fingerprint density at radius 3 is 2.07 bits per heavy atom. The normalized spacial score (nSPS) is 13.1. The lowest BCUT2D eigenvalue weighted by atomic mass is 10.1. The highest BCUT2D eigenvalue weighted by molar-refractivity contribution is 6.73. The van der Waals surface area contributed by atoms with E-state index in [4.69, 9.17) is 13.9 Å². The maximum absolute atomic E-state index is 6.85. The Hall–Kier alpha value is -1.72. The topological polar surface area (TPSA) is 27.7 Å². The molecule has 0 fully saturated rings. The molecule has 0 aromatic heterocycles. The van der Waals surface area contributed by atoms with Gasteiger partial charge in [0.2, 0.25) is 0 Å². The van der Waals surface area contributed by atoms with Gasteiger partial charge in [0.15, 0.2) is 8.32 Å². The Kier molecular flexibility index (Phi) is 11.1. The minimum Gasteiger partial charge on any atom is -0.410 e. The van der Waals surface area contributed by atoms with Gasteiger partial charge in [0.25, 0.3) is 0 Å². The molecule has 0 aliphatic carbocycles. The molecule has 3 nitrogen and oxygen atoms in total. The molecule has 0 amide bonds. The first kappa shape index (κ1) is 24.5. The fourth-order valence-electron chi connectivity index (χ4n) is 3.68. The van der Waals surface area contributed by atoms with Crippen molar-refractivity contribution in [2.24, 2.45) is 0 Å². The predicted octanol–water partition coefficient (Wildman–Crippen LogP) is 7.06. The van der Waals surface area contributed by atoms with Crippen LogP contribution >= 0.6 is 0 Å². The lowest BCUT2D eigenvalue weighted by Gasteiger charge is -2.33. The molecule has 0 spiro atoms. The largest absolute Gasteiger partial charge is 0.410 e. The van der Waals surface area contributed by atoms with Gasteiger partial charge < -0.3 is 13.9 Å². The van der Waals surface area contributed by atoms with Crippen molar-refractivity contribution in [1.82, 2.24) is 0 Å². The van der Waals surface area contributed by atoms with Crippen molar-refractivity contribution in [3.63, 3.8) is 0 Å². The van der Waals surface area contributed by atoms with Crippen LogP contribution < -0.4 is 0 Å². The molecule has 0 saturated carbocycles. The fourth-order valence-corrected chi connectivity index (χ4v) is 6.51. The van der Waals surface area contributed by atoms with Crippen LogP contribution in [0.25, 0.3) is 0 Å². The highest BCUT2D eigenvalue weighted by Crippen LogP contribution is 2.32. The molecule has 0 aliphatic rings. The van der Waals surface area contributed by atoms with Crippen LogP contribution in [0.4, 0.5) is 0 Å². The van der Waals surface area contributed by atoms with Gasteiger partial charge >= 0.3 is 0 Å². The highest BCUT2D eigenvalue weighted by atomic mass is 28.4. The second kappa shape index (κ2) is 13.6. The number of methoxy groups -OCH3 is 1. The van der Waals surface area contributed by atoms with Crippen LogP contribution in [0.1, 0.15) is 50.0 Å². The van der Waals surface area contributed by atoms with Crippen LogP contribution in [0.5, 0.6) is 0 Å². The van der Waals surface area contributed by atoms with E-state index in [1.54, 1.807) is 7.11 Å². The average molecular weight is 427 g/mol. The Bertz CT molecular complexity index is 715. The second-order valence-corrected chi connectivity index (χ2v) is 12.5. The molecular weight excluding hydrogens is 388 g/mol. The average Bonchev–Trinajstić information content (AvgIpc) is 2.81. The number of hydrogen-bond acceptors (Lipinski definition) is 3. The Labute approximate surface area is 184 Å². The first-order chi connectivity index (χ1) is 14.7. The van der Waals surface area contributed by atoms with Crippen LogP contribution in [0, 0.1) is 0 Å². The molecule has 1 unspecified atom stereocenters. The van der Waals surface area contributed by atoms with E-state index in [9.17, 15) is 0 Å². The third kappa shape index (κ3) is 7.84. The van der Waals surface area contributed by atoms with Gasteiger partial charge in [-0.1, -0.05) is 87.5 Å². The van der Waals surface area contributed by atoms with Crippen molar-refractivity contribution in [2.45, 2.75) is 64.5 Å². The van der Waals surface area contributed by atoms with Crippen molar-refractivity contribution in [3.8, 4) is 0 Å². The summed E-state index contributed by atoms with van der Waals surface area (Å²) in [5, 5.41) is 0. The lowest BCUT2D eigenvalue weighted by Crippen LogP contribution is -2.37. The molecule has 0 radical (unpaired) electrons. The van der Waals surface area contributed by atoms with E-state index in [0.717, 1.165) is 18.4 Å². The maximum Gasteiger partial charge on any atom is 0.192 e. The smallest absolute Gasteiger partial charge is 0.192 e. The molecule has 4 heteroatoms. The minimum absolute atomic E-state index is 0.147. The molecule has 2 aromatic rings. The Morgan fingerprint density at radius 1 is 0.833 bits per heavy atom. The zero-order valence-corrected chi connectivity index (χ0v) is 20.1. The molecule has 2 aromatic carbocycles. The molecule has 0 N–H and O–H groups in total. The zero-order valence-electron chi connectivity index (χ0n) is 19.1. The van der Waals surface area contributed by atoms with Gasteiger partial charge in [0.1, 0.15) is 6.79 Å². The molecule has 0 bridgehead atoms. The van der Waals surface area contributed by atoms with Crippen molar-refractivity contribution < 1.29 is 13.9 Å². The predicted molar refractivity (Wildman–Crippen MR) is 128 cm³/mol. The first-order valence-electron chi connectivity index (χ1n) is 11.2. The SMILES string of the molecule is CC[Si](CC)(CC)OC(C/C=C/Cc1ccc(COCOC)cc1)c1ccccc1. The zero-order chi connectivity index (χ0) is 21.7. The van der Waals surface area contributed by atoms with Crippen LogP contribution in [-0.4, -0.2) is 22.2 Å². The van der Waals surface area contributed by atoms with Gasteiger partial charge in [-0.25, -0.2) is 0 Å². The van der Waals surface area contributed by atoms with Crippen LogP contribution in [0.3, 0.4) is 0 Å². The summed E-state index contributed by atoms with van der Waals surface area (Å²) < 4.78 is 17.2. The highest BCUT2D eigenvalue weighted by Gasteiger charge is 2.32. The number of ether oxygens (including phenoxy) is 2. The Morgan fingerprint density at radius 2 is 1.47 bits per heavy atom. The van der Waals surface area contributed by atoms with E-state index in [1.807, 2.05) is 0 Å². The monoisotopic (exact) mass is 426 g/mol. The van der Waals surface area contributed by atoms with Gasteiger partial charge in [-0.3, -0.25) is 0 Å². The van der Waals surface area contributed by atoms with Gasteiger partial charge in [0, 0.05) is 7.11 Å². The van der Waals surface area contributed by atoms with E-state index in [2.05, 4.69) is 87.5 Å². The number of allylic oxidation sites excluding steroid dienone is 1. The summed E-state index contributed by atoms with van der Waals surface area (Å²) in [4.78, 5) is 0. The summed E-state index contributed by atoms with van der Waals surface area (Å²) in [6, 6.07) is 22.8. The van der Waals surface area contributed by atoms with Crippen LogP contribution in [-0.2, 0) is 26.9 Å². The molecule has 0 aliphatic heterocycles. The minimum atomic E-state index is -1.66. The van der Waals surface area contributed by atoms with Crippen molar-refractivity contribution >= 4 is 8.32 Å². The molecule has 0 saturated heterocycles. The first-order valence-corrected chi connectivity index (χ1v) is 13.7. The molecule has 0 heterocycles. The van der Waals surface area contributed by atoms with Gasteiger partial charge in [-0.05, 0) is 47.7 Å². The summed E-state index contributed by atoms with van der Waals surface area (Å²) in [6.07, 6.45) is 6.55. The van der Waals surface area contributed by atoms with Crippen LogP contribution in [0.15, 0.2) is 66.7 Å². The summed E-state index contributed by atoms with van der Waals surface area (Å²) in [5.41, 5.74) is 3.76. The quantitative estimate of drug-likeness (QED) is 0.140. The van der Waals surface area contributed by atoms with Crippen molar-refractivity contribution in [2.75, 3.05) is 13.9 Å². The maximum atomic E-state index is 6.85. The number of hydrogen-bond donors (Lipinski definition) is 0. The summed E-state index contributed by atoms with van der Waals surface area (Å²) in [7, 11) is -0.0257. The van der Waals surface area contributed by atoms with Crippen molar-refractivity contribution in [3.05, 3.63) is 83.4 Å². The summed E-state index contributed by atoms with van der Waals surface area (Å²) in [5.74, 6) is 0. The van der Waals surface area contributed by atoms with E-state index < -0.39 is 8.32 Å². The summed E-state index contributed by atoms with van der Waals surface area (Å²) in [6.45, 7) is 7.79. The standard InChI is InChI=1S/C26H38O3Si/c1-5-30(6-2,7-3)29-26(25-14-9-8-10-15-25)16-12-11-13-23-17-19-24(20-18-23)21-28-22-27-4/h8-12,14-15,17-20,26H,5-7,13,16,21-22H2,1-4H3/b12-11+. The molecular formula is C26H38O3Si. The third-order valence-electron chi connectivity index (χ3n) is 5.86. The molecule has 30 heavy (non-hydrogen) atoms. The van der Waals surface area contributed by atoms with Gasteiger partial charge in [0.05, 0.1) is 12.7 Å². The number of benzene rings is 2. The molecule has 164 valence electrons. The second-order valence-electron chi connectivity index (χ2n) is 7.74. The molecule has 2 rings (SSSR count).